The van der Waals surface area contributed by atoms with Crippen molar-refractivity contribution < 1.29 is 14.3 Å². The molecule has 0 atom stereocenters. The van der Waals surface area contributed by atoms with Gasteiger partial charge in [-0.05, 0) is 36.4 Å². The first-order valence-electron chi connectivity index (χ1n) is 11.2. The van der Waals surface area contributed by atoms with Crippen molar-refractivity contribution in [3.05, 3.63) is 102 Å². The molecule has 178 valence electrons. The quantitative estimate of drug-likeness (QED) is 0.365. The number of ether oxygens (including phenoxy) is 1. The van der Waals surface area contributed by atoms with Gasteiger partial charge < -0.3 is 10.1 Å². The van der Waals surface area contributed by atoms with Gasteiger partial charge in [-0.15, -0.1) is 0 Å². The molecule has 0 radical (unpaired) electrons. The Bertz CT molecular complexity index is 1500. The predicted molar refractivity (Wildman–Crippen MR) is 145 cm³/mol. The minimum absolute atomic E-state index is 0.0736. The van der Waals surface area contributed by atoms with Crippen LogP contribution in [0.5, 0.6) is 5.75 Å². The maximum Gasteiger partial charge on any atom is 0.283 e. The van der Waals surface area contributed by atoms with E-state index in [1.165, 1.54) is 16.7 Å². The van der Waals surface area contributed by atoms with Crippen LogP contribution in [0.15, 0.2) is 102 Å². The van der Waals surface area contributed by atoms with Crippen LogP contribution in [0.2, 0.25) is 0 Å². The molecule has 7 nitrogen and oxygen atoms in total. The van der Waals surface area contributed by atoms with Crippen LogP contribution in [0.4, 0.5) is 11.4 Å². The molecule has 3 aromatic carbocycles. The van der Waals surface area contributed by atoms with Crippen molar-refractivity contribution in [1.82, 2.24) is 4.98 Å². The van der Waals surface area contributed by atoms with E-state index in [0.717, 1.165) is 16.5 Å². The average molecular weight is 495 g/mol. The minimum atomic E-state index is -0.270. The number of hydrogen-bond acceptors (Lipinski definition) is 6. The van der Waals surface area contributed by atoms with Crippen molar-refractivity contribution in [3.8, 4) is 5.75 Å². The highest BCUT2D eigenvalue weighted by molar-refractivity contribution is 8.14. The lowest BCUT2D eigenvalue weighted by molar-refractivity contribution is -0.114. The second-order valence-corrected chi connectivity index (χ2v) is 8.84. The van der Waals surface area contributed by atoms with Crippen molar-refractivity contribution in [2.45, 2.75) is 0 Å². The molecule has 1 aliphatic heterocycles. The molecule has 0 saturated heterocycles. The van der Waals surface area contributed by atoms with Gasteiger partial charge in [0.05, 0.1) is 36.0 Å². The van der Waals surface area contributed by atoms with E-state index in [-0.39, 0.29) is 23.3 Å². The number of hydrogen-bond donors (Lipinski definition) is 1. The third-order valence-electron chi connectivity index (χ3n) is 5.48. The van der Waals surface area contributed by atoms with Gasteiger partial charge in [-0.1, -0.05) is 66.4 Å². The Morgan fingerprint density at radius 3 is 2.61 bits per heavy atom. The summed E-state index contributed by atoms with van der Waals surface area (Å²) in [7, 11) is 1.58. The fraction of sp³-hybridized carbons (Fsp3) is 0.0714. The number of amides is 2. The monoisotopic (exact) mass is 494 g/mol. The molecule has 0 fully saturated rings. The number of thioether (sulfide) groups is 1. The van der Waals surface area contributed by atoms with Crippen molar-refractivity contribution in [3.63, 3.8) is 0 Å². The largest absolute Gasteiger partial charge is 0.496 e. The number of carbonyl (C=O) groups is 2. The van der Waals surface area contributed by atoms with Gasteiger partial charge in [0.15, 0.2) is 5.17 Å². The topological polar surface area (TPSA) is 83.9 Å². The maximum atomic E-state index is 13.4. The standard InChI is InChI=1S/C28H22N4O3S/c1-35-25-14-8-6-10-20(25)16-24-27(34)32(22-11-3-2-4-12-22)28(31-24)36-18-26(33)30-21-15-19-9-5-7-13-23(19)29-17-21/h2-17H,18H2,1H3,(H,30,33)/b24-16+. The third-order valence-corrected chi connectivity index (χ3v) is 6.42. The summed E-state index contributed by atoms with van der Waals surface area (Å²) in [5.74, 6) is 0.226. The van der Waals surface area contributed by atoms with Crippen LogP contribution in [0.3, 0.4) is 0 Å². The number of benzene rings is 3. The fourth-order valence-corrected chi connectivity index (χ4v) is 4.61. The lowest BCUT2D eigenvalue weighted by atomic mass is 10.1. The van der Waals surface area contributed by atoms with Gasteiger partial charge >= 0.3 is 0 Å². The first-order valence-corrected chi connectivity index (χ1v) is 12.2. The smallest absolute Gasteiger partial charge is 0.283 e. The van der Waals surface area contributed by atoms with E-state index in [4.69, 9.17) is 4.74 Å². The number of anilines is 2. The normalized spacial score (nSPS) is 14.2. The number of fused-ring (bicyclic) bond motifs is 1. The fourth-order valence-electron chi connectivity index (χ4n) is 3.80. The van der Waals surface area contributed by atoms with E-state index in [9.17, 15) is 9.59 Å². The summed E-state index contributed by atoms with van der Waals surface area (Å²) >= 11 is 1.20. The Labute approximate surface area is 212 Å². The number of carbonyl (C=O) groups excluding carboxylic acids is 2. The summed E-state index contributed by atoms with van der Waals surface area (Å²) in [6.07, 6.45) is 3.33. The van der Waals surface area contributed by atoms with Crippen LogP contribution in [-0.4, -0.2) is 34.8 Å². The Kier molecular flexibility index (Phi) is 6.77. The van der Waals surface area contributed by atoms with Gasteiger partial charge in [-0.2, -0.15) is 0 Å². The summed E-state index contributed by atoms with van der Waals surface area (Å²) in [5.41, 5.74) is 3.16. The summed E-state index contributed by atoms with van der Waals surface area (Å²) in [6.45, 7) is 0. The highest BCUT2D eigenvalue weighted by atomic mass is 32.2. The number of para-hydroxylation sites is 3. The number of aromatic nitrogens is 1. The van der Waals surface area contributed by atoms with E-state index >= 15 is 0 Å². The lowest BCUT2D eigenvalue weighted by Crippen LogP contribution is -2.31. The molecule has 1 aliphatic rings. The molecule has 2 amide bonds. The number of methoxy groups -OCH3 is 1. The van der Waals surface area contributed by atoms with Crippen molar-refractivity contribution >= 4 is 57.1 Å². The van der Waals surface area contributed by atoms with Gasteiger partial charge in [0.25, 0.3) is 5.91 Å². The molecule has 0 spiro atoms. The van der Waals surface area contributed by atoms with Crippen molar-refractivity contribution in [2.24, 2.45) is 4.99 Å². The summed E-state index contributed by atoms with van der Waals surface area (Å²) in [6, 6.07) is 26.3. The first-order chi connectivity index (χ1) is 17.6. The second kappa shape index (κ2) is 10.5. The van der Waals surface area contributed by atoms with Gasteiger partial charge in [-0.3, -0.25) is 19.5 Å². The van der Waals surface area contributed by atoms with E-state index in [0.29, 0.717) is 22.3 Å². The summed E-state index contributed by atoms with van der Waals surface area (Å²) < 4.78 is 5.41. The molecule has 36 heavy (non-hydrogen) atoms. The molecule has 2 heterocycles. The lowest BCUT2D eigenvalue weighted by Gasteiger charge is -2.17. The molecule has 5 rings (SSSR count). The van der Waals surface area contributed by atoms with E-state index < -0.39 is 0 Å². The van der Waals surface area contributed by atoms with Gasteiger partial charge in [0.2, 0.25) is 5.91 Å². The molecular weight excluding hydrogens is 472 g/mol. The Morgan fingerprint density at radius 1 is 1.03 bits per heavy atom. The number of nitrogens with zero attached hydrogens (tertiary/aromatic N) is 3. The third kappa shape index (κ3) is 4.99. The van der Waals surface area contributed by atoms with Crippen LogP contribution >= 0.6 is 11.8 Å². The van der Waals surface area contributed by atoms with Crippen molar-refractivity contribution in [1.29, 1.82) is 0 Å². The molecule has 0 unspecified atom stereocenters. The SMILES string of the molecule is COc1ccccc1/C=C1/N=C(SCC(=O)Nc2cnc3ccccc3c2)N(c2ccccc2)C1=O. The van der Waals surface area contributed by atoms with E-state index in [1.807, 2.05) is 84.9 Å². The molecule has 0 aliphatic carbocycles. The second-order valence-electron chi connectivity index (χ2n) is 7.90. The Morgan fingerprint density at radius 2 is 1.78 bits per heavy atom. The first kappa shape index (κ1) is 23.3. The number of rotatable bonds is 6. The van der Waals surface area contributed by atoms with Crippen LogP contribution in [0, 0.1) is 0 Å². The summed E-state index contributed by atoms with van der Waals surface area (Å²) in [5, 5.41) is 4.25. The average Bonchev–Trinajstić information content (AvgIpc) is 3.22. The van der Waals surface area contributed by atoms with Crippen LogP contribution in [0.25, 0.3) is 17.0 Å². The van der Waals surface area contributed by atoms with Crippen LogP contribution in [0.1, 0.15) is 5.56 Å². The Hall–Kier alpha value is -4.43. The number of pyridine rings is 1. The highest BCUT2D eigenvalue weighted by Crippen LogP contribution is 2.31. The molecule has 0 saturated carbocycles. The van der Waals surface area contributed by atoms with Gasteiger partial charge in [0, 0.05) is 10.9 Å². The minimum Gasteiger partial charge on any atom is -0.496 e. The number of aliphatic imine (C=N–C) groups is 1. The zero-order chi connectivity index (χ0) is 24.9. The molecular formula is C28H22N4O3S. The molecule has 0 bridgehead atoms. The molecule has 8 heteroatoms. The molecule has 1 N–H and O–H groups in total. The zero-order valence-electron chi connectivity index (χ0n) is 19.4. The van der Waals surface area contributed by atoms with Crippen LogP contribution < -0.4 is 15.0 Å². The number of nitrogens with one attached hydrogen (secondary N) is 1. The zero-order valence-corrected chi connectivity index (χ0v) is 20.2. The predicted octanol–water partition coefficient (Wildman–Crippen LogP) is 5.36. The van der Waals surface area contributed by atoms with Crippen LogP contribution in [-0.2, 0) is 9.59 Å². The molecule has 1 aromatic heterocycles. The summed E-state index contributed by atoms with van der Waals surface area (Å²) in [4.78, 5) is 36.6. The highest BCUT2D eigenvalue weighted by Gasteiger charge is 2.32. The van der Waals surface area contributed by atoms with E-state index in [1.54, 1.807) is 19.4 Å². The van der Waals surface area contributed by atoms with Gasteiger partial charge in [-0.25, -0.2) is 4.99 Å². The van der Waals surface area contributed by atoms with E-state index in [2.05, 4.69) is 15.3 Å². The van der Waals surface area contributed by atoms with Gasteiger partial charge in [0.1, 0.15) is 11.4 Å². The molecule has 4 aromatic rings. The Balaban J connectivity index is 1.37. The van der Waals surface area contributed by atoms with Crippen molar-refractivity contribution in [2.75, 3.05) is 23.1 Å². The number of amidine groups is 1. The maximum absolute atomic E-state index is 13.4.